The molecule has 0 saturated carbocycles. The maximum Gasteiger partial charge on any atom is 0.280 e. The number of rotatable bonds is 9. The molecule has 21 heteroatoms. The van der Waals surface area contributed by atoms with E-state index >= 15 is 0 Å². The Labute approximate surface area is 178 Å². The van der Waals surface area contributed by atoms with Gasteiger partial charge in [0.15, 0.2) is 11.9 Å². The quantitative estimate of drug-likeness (QED) is 0.214. The first-order valence-electron chi connectivity index (χ1n) is 8.49. The van der Waals surface area contributed by atoms with E-state index in [-0.39, 0.29) is 12.3 Å². The molecule has 1 saturated heterocycles. The molecular weight excluding hydrogens is 503 g/mol. The summed E-state index contributed by atoms with van der Waals surface area (Å²) in [5.41, 5.74) is 0. The van der Waals surface area contributed by atoms with Gasteiger partial charge in [0, 0.05) is 18.9 Å². The molecule has 3 aliphatic rings. The fourth-order valence-corrected chi connectivity index (χ4v) is 5.93. The number of ether oxygens (including phenoxy) is 1. The zero-order valence-electron chi connectivity index (χ0n) is 15.6. The summed E-state index contributed by atoms with van der Waals surface area (Å²) in [6.45, 7) is -1.35. The van der Waals surface area contributed by atoms with E-state index in [9.17, 15) is 38.3 Å². The van der Waals surface area contributed by atoms with Gasteiger partial charge in [-0.1, -0.05) is 0 Å². The van der Waals surface area contributed by atoms with Gasteiger partial charge in [0.2, 0.25) is 5.96 Å². The molecule has 1 fully saturated rings. The van der Waals surface area contributed by atoms with Crippen molar-refractivity contribution in [2.24, 2.45) is 15.9 Å². The van der Waals surface area contributed by atoms with Crippen LogP contribution >= 0.6 is 23.5 Å². The minimum Gasteiger partial charge on any atom is -0.756 e. The molecule has 3 rings (SSSR count). The second kappa shape index (κ2) is 9.10. The molecule has 0 aromatic carbocycles. The van der Waals surface area contributed by atoms with Gasteiger partial charge in [0.05, 0.1) is 19.0 Å². The number of nitrogens with zero attached hydrogens (tertiary/aromatic N) is 3. The van der Waals surface area contributed by atoms with Crippen LogP contribution in [0.3, 0.4) is 0 Å². The van der Waals surface area contributed by atoms with Crippen molar-refractivity contribution in [3.63, 3.8) is 0 Å². The Hall–Kier alpha value is -1.39. The molecular formula is C11H15N5O13P3-3. The predicted molar refractivity (Wildman–Crippen MR) is 94.4 cm³/mol. The predicted octanol–water partition coefficient (Wildman–Crippen LogP) is -3.67. The van der Waals surface area contributed by atoms with Crippen LogP contribution in [0.2, 0.25) is 0 Å². The lowest BCUT2D eigenvalue weighted by Crippen LogP contribution is -2.50. The fraction of sp³-hybridized carbons (Fsp3) is 0.636. The van der Waals surface area contributed by atoms with E-state index in [0.717, 1.165) is 0 Å². The third-order valence-corrected chi connectivity index (χ3v) is 7.96. The second-order valence-electron chi connectivity index (χ2n) is 6.51. The van der Waals surface area contributed by atoms with Gasteiger partial charge in [-0.15, -0.1) is 0 Å². The number of amides is 1. The Bertz CT molecular complexity index is 996. The molecule has 0 radical (unpaired) electrons. The zero-order chi connectivity index (χ0) is 23.9. The third kappa shape index (κ3) is 6.14. The molecule has 3 aliphatic heterocycles. The Morgan fingerprint density at radius 3 is 2.59 bits per heavy atom. The Morgan fingerprint density at radius 1 is 1.28 bits per heavy atom. The monoisotopic (exact) mass is 518 g/mol. The van der Waals surface area contributed by atoms with Crippen LogP contribution in [0.25, 0.3) is 0 Å². The molecule has 7 atom stereocenters. The van der Waals surface area contributed by atoms with E-state index in [1.165, 1.54) is 11.2 Å². The molecule has 0 bridgehead atoms. The average Bonchev–Trinajstić information content (AvgIpc) is 3.20. The van der Waals surface area contributed by atoms with Gasteiger partial charge in [-0.25, -0.2) is 8.62 Å². The smallest absolute Gasteiger partial charge is 0.280 e. The maximum absolute atomic E-state index is 11.9. The summed E-state index contributed by atoms with van der Waals surface area (Å²) in [4.78, 5) is 62.8. The van der Waals surface area contributed by atoms with Gasteiger partial charge < -0.3 is 33.9 Å². The lowest BCUT2D eigenvalue weighted by atomic mass is 10.0. The van der Waals surface area contributed by atoms with Crippen LogP contribution < -0.4 is 20.0 Å². The first-order valence-corrected chi connectivity index (χ1v) is 12.9. The third-order valence-electron chi connectivity index (χ3n) is 4.27. The largest absolute Gasteiger partial charge is 0.756 e. The van der Waals surface area contributed by atoms with Gasteiger partial charge in [-0.05, 0) is 0 Å². The van der Waals surface area contributed by atoms with Gasteiger partial charge in [0.1, 0.15) is 6.23 Å². The summed E-state index contributed by atoms with van der Waals surface area (Å²) in [6.07, 6.45) is -0.717. The fourth-order valence-electron chi connectivity index (χ4n) is 3.04. The van der Waals surface area contributed by atoms with Crippen LogP contribution in [0.15, 0.2) is 9.98 Å². The standard InChI is InChI=1S/C11H18N5O13P3/c12-11-14-9-8(10(18)15-11)13-4-16(9)7-1-5(2-17)6(27-7)3-26-31(22,23)29-32(24,25)28-30(19,20)21/h4-8,17H,1-3H2,(H,22,23)(H,24,25)(H2,12,15,18)(H2,19,20,21)/p-3/t5-,6-,7-,8?/m1/s1. The molecule has 0 spiro atoms. The first kappa shape index (κ1) is 25.2. The lowest BCUT2D eigenvalue weighted by Gasteiger charge is -2.33. The number of amidine groups is 1. The molecule has 1 amide bonds. The van der Waals surface area contributed by atoms with Crippen LogP contribution in [-0.2, 0) is 36.4 Å². The number of carbonyl (C=O) groups is 1. The van der Waals surface area contributed by atoms with Crippen LogP contribution in [0.1, 0.15) is 6.42 Å². The zero-order valence-corrected chi connectivity index (χ0v) is 18.3. The number of aliphatic hydroxyl groups is 1. The number of phosphoric ester groups is 1. The molecule has 4 unspecified atom stereocenters. The highest BCUT2D eigenvalue weighted by Crippen LogP contribution is 2.61. The Morgan fingerprint density at radius 2 is 1.97 bits per heavy atom. The van der Waals surface area contributed by atoms with Crippen molar-refractivity contribution in [3.8, 4) is 0 Å². The van der Waals surface area contributed by atoms with Gasteiger partial charge in [-0.3, -0.25) is 39.1 Å². The summed E-state index contributed by atoms with van der Waals surface area (Å²) in [5, 5.41) is 19.3. The summed E-state index contributed by atoms with van der Waals surface area (Å²) in [5.74, 6) is -1.66. The number of phosphoric acid groups is 3. The minimum atomic E-state index is -6.04. The molecule has 4 N–H and O–H groups in total. The number of hydrogen-bond donors (Lipinski definition) is 4. The van der Waals surface area contributed by atoms with Crippen LogP contribution in [0.4, 0.5) is 0 Å². The topological polar surface area (TPSA) is 279 Å². The van der Waals surface area contributed by atoms with E-state index in [1.807, 2.05) is 0 Å². The van der Waals surface area contributed by atoms with Crippen LogP contribution in [0, 0.1) is 11.3 Å². The highest BCUT2D eigenvalue weighted by atomic mass is 31.3. The van der Waals surface area contributed by atoms with E-state index in [0.29, 0.717) is 0 Å². The van der Waals surface area contributed by atoms with Gasteiger partial charge in [-0.2, -0.15) is 4.99 Å². The number of carbonyl (C=O) groups excluding carboxylic acids is 1. The Kier molecular flexibility index (Phi) is 7.18. The summed E-state index contributed by atoms with van der Waals surface area (Å²) < 4.78 is 50.1. The van der Waals surface area contributed by atoms with E-state index in [1.54, 1.807) is 0 Å². The number of guanidine groups is 1. The summed E-state index contributed by atoms with van der Waals surface area (Å²) in [6, 6.07) is -1.01. The summed E-state index contributed by atoms with van der Waals surface area (Å²) in [7, 11) is -17.6. The van der Waals surface area contributed by atoms with Gasteiger partial charge in [0.25, 0.3) is 29.4 Å². The minimum absolute atomic E-state index is 0.0777. The number of nitrogens with one attached hydrogen (secondary N) is 2. The van der Waals surface area contributed by atoms with Crippen molar-refractivity contribution in [3.05, 3.63) is 0 Å². The highest BCUT2D eigenvalue weighted by Gasteiger charge is 2.45. The van der Waals surface area contributed by atoms with Crippen molar-refractivity contribution in [1.82, 2.24) is 10.2 Å². The number of aliphatic imine (C=N–C) groups is 2. The van der Waals surface area contributed by atoms with Gasteiger partial charge >= 0.3 is 0 Å². The van der Waals surface area contributed by atoms with Crippen molar-refractivity contribution in [2.45, 2.75) is 24.8 Å². The molecule has 0 aromatic rings. The van der Waals surface area contributed by atoms with Crippen molar-refractivity contribution < 1.29 is 61.1 Å². The lowest BCUT2D eigenvalue weighted by molar-refractivity contribution is -0.250. The maximum atomic E-state index is 11.9. The highest BCUT2D eigenvalue weighted by molar-refractivity contribution is 7.65. The summed E-state index contributed by atoms with van der Waals surface area (Å²) >= 11 is 0. The molecule has 0 aromatic heterocycles. The van der Waals surface area contributed by atoms with Crippen LogP contribution in [0.5, 0.6) is 0 Å². The van der Waals surface area contributed by atoms with E-state index in [2.05, 4.69) is 28.4 Å². The van der Waals surface area contributed by atoms with Crippen LogP contribution in [-0.4, -0.2) is 70.5 Å². The number of hydrogen-bond acceptors (Lipinski definition) is 15. The van der Waals surface area contributed by atoms with Crippen molar-refractivity contribution in [2.75, 3.05) is 13.2 Å². The van der Waals surface area contributed by atoms with E-state index < -0.39 is 72.8 Å². The molecule has 18 nitrogen and oxygen atoms in total. The van der Waals surface area contributed by atoms with E-state index in [4.69, 9.17) is 15.0 Å². The van der Waals surface area contributed by atoms with Crippen molar-refractivity contribution in [1.29, 1.82) is 5.41 Å². The van der Waals surface area contributed by atoms with Crippen molar-refractivity contribution >= 4 is 47.5 Å². The molecule has 0 aliphatic carbocycles. The first-order chi connectivity index (χ1) is 14.7. The molecule has 3 heterocycles. The normalized spacial score (nSPS) is 33.2. The SMILES string of the molecule is N=C1N=C2C(N=CN2[C@H]2C[C@H](CO)[C@@H](COP(=O)([O-])OP(=O)([O-])OP(=O)([O-])O)O2)C(=O)N1. The second-order valence-corrected chi connectivity index (χ2v) is 10.8. The number of aliphatic hydroxyl groups excluding tert-OH is 1. The average molecular weight is 518 g/mol. The Balaban J connectivity index is 1.63. The molecule has 180 valence electrons. The molecule has 32 heavy (non-hydrogen) atoms. The number of fused-ring (bicyclic) bond motifs is 1.